The first-order valence-electron chi connectivity index (χ1n) is 15.8. The van der Waals surface area contributed by atoms with Crippen molar-refractivity contribution in [3.05, 3.63) is 83.9 Å². The highest BCUT2D eigenvalue weighted by molar-refractivity contribution is 5.91. The van der Waals surface area contributed by atoms with Crippen molar-refractivity contribution in [1.82, 2.24) is 21.3 Å². The highest BCUT2D eigenvalue weighted by atomic mass is 16.6. The van der Waals surface area contributed by atoms with E-state index in [1.54, 1.807) is 20.8 Å². The van der Waals surface area contributed by atoms with Crippen LogP contribution < -0.4 is 21.3 Å². The first-order valence-corrected chi connectivity index (χ1v) is 15.8. The van der Waals surface area contributed by atoms with Gasteiger partial charge in [-0.15, -0.1) is 0 Å². The van der Waals surface area contributed by atoms with Crippen molar-refractivity contribution in [3.63, 3.8) is 0 Å². The van der Waals surface area contributed by atoms with E-state index in [1.165, 1.54) is 7.05 Å². The van der Waals surface area contributed by atoms with Gasteiger partial charge in [-0.2, -0.15) is 0 Å². The molecule has 0 aliphatic carbocycles. The lowest BCUT2D eigenvalue weighted by molar-refractivity contribution is -0.166. The number of esters is 1. The molecule has 3 aromatic rings. The molecule has 244 valence electrons. The SMILES string of the molecule is CNC(=O)C(OC(=O)C(C)(C)C)[C@@H](C[C@@H]1CCCNC1=O)NC(=O)[C@H](Cc1ccccc1)NC(=O)Cc1ccc2ccccc2c1. The van der Waals surface area contributed by atoms with E-state index in [0.717, 1.165) is 28.3 Å². The minimum Gasteiger partial charge on any atom is -0.450 e. The number of hydrogen-bond donors (Lipinski definition) is 4. The molecule has 1 aliphatic heterocycles. The number of carbonyl (C=O) groups is 5. The van der Waals surface area contributed by atoms with Gasteiger partial charge in [-0.1, -0.05) is 72.8 Å². The zero-order valence-electron chi connectivity index (χ0n) is 26.9. The fraction of sp³-hybridized carbons (Fsp3) is 0.417. The van der Waals surface area contributed by atoms with Crippen LogP contribution in [0.3, 0.4) is 0 Å². The summed E-state index contributed by atoms with van der Waals surface area (Å²) in [5, 5.41) is 13.2. The molecule has 1 fully saturated rings. The largest absolute Gasteiger partial charge is 0.450 e. The Balaban J connectivity index is 1.60. The second kappa shape index (κ2) is 15.5. The molecule has 1 aliphatic rings. The van der Waals surface area contributed by atoms with Crippen LogP contribution in [0.4, 0.5) is 0 Å². The lowest BCUT2D eigenvalue weighted by atomic mass is 9.88. The molecule has 1 unspecified atom stereocenters. The summed E-state index contributed by atoms with van der Waals surface area (Å²) < 4.78 is 5.72. The van der Waals surface area contributed by atoms with Gasteiger partial charge in [0.25, 0.3) is 5.91 Å². The van der Waals surface area contributed by atoms with Crippen LogP contribution in [0.25, 0.3) is 10.8 Å². The van der Waals surface area contributed by atoms with E-state index in [4.69, 9.17) is 4.74 Å². The molecule has 4 N–H and O–H groups in total. The van der Waals surface area contributed by atoms with Gasteiger partial charge in [-0.05, 0) is 61.9 Å². The van der Waals surface area contributed by atoms with Gasteiger partial charge >= 0.3 is 5.97 Å². The van der Waals surface area contributed by atoms with Crippen LogP contribution in [0.2, 0.25) is 0 Å². The predicted molar refractivity (Wildman–Crippen MR) is 175 cm³/mol. The Kier molecular flexibility index (Phi) is 11.5. The molecule has 4 rings (SSSR count). The summed E-state index contributed by atoms with van der Waals surface area (Å²) in [6.45, 7) is 5.55. The maximum atomic E-state index is 14.0. The summed E-state index contributed by atoms with van der Waals surface area (Å²) in [4.78, 5) is 66.3. The van der Waals surface area contributed by atoms with Crippen molar-refractivity contribution in [2.75, 3.05) is 13.6 Å². The molecule has 0 radical (unpaired) electrons. The van der Waals surface area contributed by atoms with Crippen LogP contribution in [0.1, 0.15) is 51.2 Å². The summed E-state index contributed by atoms with van der Waals surface area (Å²) in [6.07, 6.45) is 0.197. The maximum Gasteiger partial charge on any atom is 0.312 e. The molecule has 0 spiro atoms. The average Bonchev–Trinajstić information content (AvgIpc) is 3.03. The normalized spacial score (nSPS) is 16.8. The van der Waals surface area contributed by atoms with Crippen molar-refractivity contribution in [2.24, 2.45) is 11.3 Å². The second-order valence-corrected chi connectivity index (χ2v) is 12.8. The Hall–Kier alpha value is -4.73. The van der Waals surface area contributed by atoms with Crippen LogP contribution in [-0.2, 0) is 41.6 Å². The number of nitrogens with one attached hydrogen (secondary N) is 4. The summed E-state index contributed by atoms with van der Waals surface area (Å²) in [6, 6.07) is 20.9. The smallest absolute Gasteiger partial charge is 0.312 e. The number of fused-ring (bicyclic) bond motifs is 1. The number of likely N-dealkylation sites (N-methyl/N-ethyl adjacent to an activating group) is 1. The third kappa shape index (κ3) is 9.39. The highest BCUT2D eigenvalue weighted by Crippen LogP contribution is 2.23. The maximum absolute atomic E-state index is 14.0. The molecular formula is C36H44N4O6. The van der Waals surface area contributed by atoms with Gasteiger partial charge in [0, 0.05) is 25.9 Å². The van der Waals surface area contributed by atoms with E-state index in [9.17, 15) is 24.0 Å². The predicted octanol–water partition coefficient (Wildman–Crippen LogP) is 3.21. The Labute approximate surface area is 270 Å². The van der Waals surface area contributed by atoms with E-state index in [0.29, 0.717) is 13.0 Å². The topological polar surface area (TPSA) is 143 Å². The quantitative estimate of drug-likeness (QED) is 0.227. The first-order chi connectivity index (χ1) is 21.9. The van der Waals surface area contributed by atoms with Crippen LogP contribution in [0.5, 0.6) is 0 Å². The van der Waals surface area contributed by atoms with E-state index >= 15 is 0 Å². The van der Waals surface area contributed by atoms with Gasteiger partial charge in [-0.25, -0.2) is 0 Å². The lowest BCUT2D eigenvalue weighted by Gasteiger charge is -2.33. The zero-order chi connectivity index (χ0) is 33.3. The van der Waals surface area contributed by atoms with E-state index < -0.39 is 47.3 Å². The van der Waals surface area contributed by atoms with Crippen molar-refractivity contribution >= 4 is 40.4 Å². The Morgan fingerprint density at radius 3 is 2.26 bits per heavy atom. The van der Waals surface area contributed by atoms with Crippen molar-refractivity contribution < 1.29 is 28.7 Å². The monoisotopic (exact) mass is 628 g/mol. The summed E-state index contributed by atoms with van der Waals surface area (Å²) in [5.74, 6) is -2.84. The number of benzene rings is 3. The molecule has 3 aromatic carbocycles. The zero-order valence-corrected chi connectivity index (χ0v) is 26.9. The molecule has 4 amide bonds. The van der Waals surface area contributed by atoms with Crippen molar-refractivity contribution in [1.29, 1.82) is 0 Å². The molecule has 0 saturated carbocycles. The van der Waals surface area contributed by atoms with Crippen LogP contribution >= 0.6 is 0 Å². The van der Waals surface area contributed by atoms with Crippen LogP contribution in [0.15, 0.2) is 72.8 Å². The molecule has 0 bridgehead atoms. The molecular weight excluding hydrogens is 584 g/mol. The molecule has 10 heteroatoms. The Morgan fingerprint density at radius 2 is 1.59 bits per heavy atom. The summed E-state index contributed by atoms with van der Waals surface area (Å²) >= 11 is 0. The fourth-order valence-electron chi connectivity index (χ4n) is 5.50. The van der Waals surface area contributed by atoms with E-state index in [1.807, 2.05) is 72.8 Å². The van der Waals surface area contributed by atoms with Gasteiger partial charge < -0.3 is 26.0 Å². The fourth-order valence-corrected chi connectivity index (χ4v) is 5.50. The Bertz CT molecular complexity index is 1550. The average molecular weight is 629 g/mol. The van der Waals surface area contributed by atoms with Gasteiger partial charge in [0.2, 0.25) is 17.7 Å². The van der Waals surface area contributed by atoms with Gasteiger partial charge in [0.05, 0.1) is 17.9 Å². The molecule has 4 atom stereocenters. The molecule has 1 heterocycles. The van der Waals surface area contributed by atoms with Gasteiger partial charge in [-0.3, -0.25) is 24.0 Å². The molecule has 10 nitrogen and oxygen atoms in total. The number of rotatable bonds is 12. The van der Waals surface area contributed by atoms with Gasteiger partial charge in [0.15, 0.2) is 6.10 Å². The third-order valence-electron chi connectivity index (χ3n) is 8.10. The molecule has 46 heavy (non-hydrogen) atoms. The summed E-state index contributed by atoms with van der Waals surface area (Å²) in [5.41, 5.74) is 0.694. The van der Waals surface area contributed by atoms with Crippen molar-refractivity contribution in [3.8, 4) is 0 Å². The molecule has 0 aromatic heterocycles. The lowest BCUT2D eigenvalue weighted by Crippen LogP contribution is -2.58. The minimum atomic E-state index is -1.40. The molecule has 1 saturated heterocycles. The number of carbonyl (C=O) groups excluding carboxylic acids is 5. The van der Waals surface area contributed by atoms with Gasteiger partial charge in [0.1, 0.15) is 6.04 Å². The number of ether oxygens (including phenoxy) is 1. The van der Waals surface area contributed by atoms with Crippen LogP contribution in [-0.4, -0.2) is 61.4 Å². The number of piperidine rings is 1. The Morgan fingerprint density at radius 1 is 0.891 bits per heavy atom. The third-order valence-corrected chi connectivity index (χ3v) is 8.10. The second-order valence-electron chi connectivity index (χ2n) is 12.8. The van der Waals surface area contributed by atoms with E-state index in [-0.39, 0.29) is 31.1 Å². The number of amides is 4. The van der Waals surface area contributed by atoms with Crippen LogP contribution in [0, 0.1) is 11.3 Å². The number of hydrogen-bond acceptors (Lipinski definition) is 6. The van der Waals surface area contributed by atoms with E-state index in [2.05, 4.69) is 21.3 Å². The highest BCUT2D eigenvalue weighted by Gasteiger charge is 2.39. The first kappa shape index (κ1) is 34.1. The standard InChI is InChI=1S/C36H44N4O6/c1-36(2,3)35(45)46-31(34(44)37-4)28(22-27-15-10-18-38-32(27)42)40-33(43)29(20-23-11-6-5-7-12-23)39-30(41)21-24-16-17-25-13-8-9-14-26(25)19-24/h5-9,11-14,16-17,19,27-29,31H,10,15,18,20-22H2,1-4H3,(H,37,44)(H,38,42)(H,39,41)(H,40,43)/t27-,28+,29-,31?/m0/s1. The van der Waals surface area contributed by atoms with Crippen molar-refractivity contribution in [2.45, 2.75) is 71.1 Å². The summed E-state index contributed by atoms with van der Waals surface area (Å²) in [7, 11) is 1.41. The minimum absolute atomic E-state index is 0.0547.